The van der Waals surface area contributed by atoms with Gasteiger partial charge in [0.05, 0.1) is 16.3 Å². The van der Waals surface area contributed by atoms with Gasteiger partial charge in [0.2, 0.25) is 0 Å². The van der Waals surface area contributed by atoms with E-state index in [0.29, 0.717) is 12.1 Å². The number of nitrogen functional groups attached to an aromatic ring is 1. The Bertz CT molecular complexity index is 773. The van der Waals surface area contributed by atoms with Crippen LogP contribution in [0, 0.1) is 12.7 Å². The normalized spacial score (nSPS) is 11.4. The van der Waals surface area contributed by atoms with Gasteiger partial charge in [0.15, 0.2) is 0 Å². The van der Waals surface area contributed by atoms with E-state index in [1.807, 2.05) is 32.0 Å². The van der Waals surface area contributed by atoms with Crippen molar-refractivity contribution in [2.24, 2.45) is 0 Å². The molecule has 0 saturated heterocycles. The third kappa shape index (κ3) is 3.16. The van der Waals surface area contributed by atoms with E-state index in [2.05, 4.69) is 4.72 Å². The van der Waals surface area contributed by atoms with Crippen molar-refractivity contribution in [3.05, 3.63) is 53.3 Å². The van der Waals surface area contributed by atoms with Gasteiger partial charge in [-0.15, -0.1) is 0 Å². The van der Waals surface area contributed by atoms with Crippen molar-refractivity contribution in [1.29, 1.82) is 0 Å². The molecule has 3 N–H and O–H groups in total. The first-order chi connectivity index (χ1) is 9.85. The van der Waals surface area contributed by atoms with Crippen LogP contribution < -0.4 is 10.5 Å². The first-order valence-electron chi connectivity index (χ1n) is 6.51. The Morgan fingerprint density at radius 2 is 1.95 bits per heavy atom. The number of halogens is 1. The summed E-state index contributed by atoms with van der Waals surface area (Å²) in [5.41, 5.74) is 7.52. The van der Waals surface area contributed by atoms with Crippen LogP contribution in [0.25, 0.3) is 0 Å². The lowest BCUT2D eigenvalue weighted by Gasteiger charge is -2.14. The van der Waals surface area contributed by atoms with E-state index in [4.69, 9.17) is 5.73 Å². The topological polar surface area (TPSA) is 72.2 Å². The number of para-hydroxylation sites is 1. The Hall–Kier alpha value is -2.08. The fraction of sp³-hybridized carbons (Fsp3) is 0.200. The van der Waals surface area contributed by atoms with Gasteiger partial charge in [-0.2, -0.15) is 0 Å². The van der Waals surface area contributed by atoms with Gasteiger partial charge in [-0.1, -0.05) is 25.1 Å². The van der Waals surface area contributed by atoms with Crippen molar-refractivity contribution in [3.63, 3.8) is 0 Å². The van der Waals surface area contributed by atoms with Crippen molar-refractivity contribution >= 4 is 21.4 Å². The number of anilines is 2. The van der Waals surface area contributed by atoms with E-state index in [0.717, 1.165) is 17.2 Å². The zero-order chi connectivity index (χ0) is 15.6. The van der Waals surface area contributed by atoms with Crippen LogP contribution in [0.4, 0.5) is 15.8 Å². The smallest absolute Gasteiger partial charge is 0.262 e. The summed E-state index contributed by atoms with van der Waals surface area (Å²) in [5.74, 6) is -0.752. The van der Waals surface area contributed by atoms with Crippen LogP contribution in [0.3, 0.4) is 0 Å². The van der Waals surface area contributed by atoms with Crippen LogP contribution in [0.1, 0.15) is 18.1 Å². The minimum Gasteiger partial charge on any atom is -0.396 e. The summed E-state index contributed by atoms with van der Waals surface area (Å²) >= 11 is 0. The average Bonchev–Trinajstić information content (AvgIpc) is 2.43. The molecule has 0 amide bonds. The third-order valence-corrected chi connectivity index (χ3v) is 4.61. The number of sulfonamides is 1. The largest absolute Gasteiger partial charge is 0.396 e. The molecule has 0 aromatic heterocycles. The number of nitrogens with one attached hydrogen (secondary N) is 1. The SMILES string of the molecule is CCc1cccc(C)c1NS(=O)(=O)c1ccc(N)c(F)c1. The monoisotopic (exact) mass is 308 g/mol. The van der Waals surface area contributed by atoms with E-state index in [1.165, 1.54) is 12.1 Å². The molecule has 2 aromatic rings. The summed E-state index contributed by atoms with van der Waals surface area (Å²) in [5, 5.41) is 0. The fourth-order valence-electron chi connectivity index (χ4n) is 2.04. The highest BCUT2D eigenvalue weighted by molar-refractivity contribution is 7.92. The number of hydrogen-bond acceptors (Lipinski definition) is 3. The van der Waals surface area contributed by atoms with Crippen LogP contribution >= 0.6 is 0 Å². The molecule has 0 aliphatic carbocycles. The standard InChI is InChI=1S/C15H17FN2O2S/c1-3-11-6-4-5-10(2)15(11)18-21(19,20)12-7-8-14(17)13(16)9-12/h4-9,18H,3,17H2,1-2H3. The number of rotatable bonds is 4. The summed E-state index contributed by atoms with van der Waals surface area (Å²) in [6, 6.07) is 8.98. The summed E-state index contributed by atoms with van der Waals surface area (Å²) in [6.07, 6.45) is 0.690. The second kappa shape index (κ2) is 5.73. The molecule has 112 valence electrons. The molecular weight excluding hydrogens is 291 g/mol. The van der Waals surface area contributed by atoms with Crippen molar-refractivity contribution in [1.82, 2.24) is 0 Å². The van der Waals surface area contributed by atoms with Gasteiger partial charge in [-0.25, -0.2) is 12.8 Å². The maximum atomic E-state index is 13.5. The Kier molecular flexibility index (Phi) is 4.18. The van der Waals surface area contributed by atoms with Crippen molar-refractivity contribution in [3.8, 4) is 0 Å². The molecule has 2 rings (SSSR count). The fourth-order valence-corrected chi connectivity index (χ4v) is 3.22. The van der Waals surface area contributed by atoms with Crippen LogP contribution in [-0.4, -0.2) is 8.42 Å². The molecule has 21 heavy (non-hydrogen) atoms. The van der Waals surface area contributed by atoms with Crippen molar-refractivity contribution < 1.29 is 12.8 Å². The minimum absolute atomic E-state index is 0.0842. The molecule has 0 saturated carbocycles. The maximum absolute atomic E-state index is 13.5. The lowest BCUT2D eigenvalue weighted by atomic mass is 10.1. The molecule has 0 bridgehead atoms. The van der Waals surface area contributed by atoms with Gasteiger partial charge in [0.1, 0.15) is 5.82 Å². The summed E-state index contributed by atoms with van der Waals surface area (Å²) < 4.78 is 40.7. The van der Waals surface area contributed by atoms with Gasteiger partial charge in [-0.3, -0.25) is 4.72 Å². The van der Waals surface area contributed by atoms with Crippen molar-refractivity contribution in [2.45, 2.75) is 25.2 Å². The van der Waals surface area contributed by atoms with Gasteiger partial charge in [-0.05, 0) is 42.7 Å². The lowest BCUT2D eigenvalue weighted by molar-refractivity contribution is 0.596. The zero-order valence-corrected chi connectivity index (χ0v) is 12.7. The molecule has 0 heterocycles. The maximum Gasteiger partial charge on any atom is 0.262 e. The number of aryl methyl sites for hydroxylation is 2. The Morgan fingerprint density at radius 1 is 1.24 bits per heavy atom. The molecule has 0 aliphatic rings. The van der Waals surface area contributed by atoms with Crippen LogP contribution in [-0.2, 0) is 16.4 Å². The molecule has 0 radical (unpaired) electrons. The van der Waals surface area contributed by atoms with Crippen LogP contribution in [0.2, 0.25) is 0 Å². The van der Waals surface area contributed by atoms with E-state index in [9.17, 15) is 12.8 Å². The highest BCUT2D eigenvalue weighted by atomic mass is 32.2. The van der Waals surface area contributed by atoms with E-state index in [1.54, 1.807) is 0 Å². The molecule has 2 aromatic carbocycles. The molecule has 0 aliphatic heterocycles. The minimum atomic E-state index is -3.85. The van der Waals surface area contributed by atoms with Crippen LogP contribution in [0.15, 0.2) is 41.3 Å². The Morgan fingerprint density at radius 3 is 2.57 bits per heavy atom. The molecule has 0 spiro atoms. The summed E-state index contributed by atoms with van der Waals surface area (Å²) in [4.78, 5) is -0.153. The highest BCUT2D eigenvalue weighted by Crippen LogP contribution is 2.25. The van der Waals surface area contributed by atoms with Crippen molar-refractivity contribution in [2.75, 3.05) is 10.5 Å². The molecule has 6 heteroatoms. The van der Waals surface area contributed by atoms with E-state index >= 15 is 0 Å². The Balaban J connectivity index is 2.44. The number of benzene rings is 2. The van der Waals surface area contributed by atoms with Gasteiger partial charge in [0.25, 0.3) is 10.0 Å². The predicted octanol–water partition coefficient (Wildman–Crippen LogP) is 3.08. The first-order valence-corrected chi connectivity index (χ1v) is 8.00. The molecule has 0 fully saturated rings. The molecule has 0 atom stereocenters. The van der Waals surface area contributed by atoms with Gasteiger partial charge in [0, 0.05) is 0 Å². The van der Waals surface area contributed by atoms with Crippen LogP contribution in [0.5, 0.6) is 0 Å². The molecule has 4 nitrogen and oxygen atoms in total. The third-order valence-electron chi connectivity index (χ3n) is 3.26. The molecular formula is C15H17FN2O2S. The highest BCUT2D eigenvalue weighted by Gasteiger charge is 2.18. The second-order valence-corrected chi connectivity index (χ2v) is 6.43. The quantitative estimate of drug-likeness (QED) is 0.853. The summed E-state index contributed by atoms with van der Waals surface area (Å²) in [6.45, 7) is 3.76. The number of hydrogen-bond donors (Lipinski definition) is 2. The van der Waals surface area contributed by atoms with Gasteiger partial charge < -0.3 is 5.73 Å². The van der Waals surface area contributed by atoms with E-state index < -0.39 is 15.8 Å². The first kappa shape index (κ1) is 15.3. The summed E-state index contributed by atoms with van der Waals surface area (Å²) in [7, 11) is -3.85. The van der Waals surface area contributed by atoms with E-state index in [-0.39, 0.29) is 10.6 Å². The molecule has 0 unspecified atom stereocenters. The lowest BCUT2D eigenvalue weighted by Crippen LogP contribution is -2.15. The second-order valence-electron chi connectivity index (χ2n) is 4.75. The average molecular weight is 308 g/mol. The van der Waals surface area contributed by atoms with Gasteiger partial charge >= 0.3 is 0 Å². The predicted molar refractivity (Wildman–Crippen MR) is 82.2 cm³/mol. The number of nitrogens with two attached hydrogens (primary N) is 1. The zero-order valence-electron chi connectivity index (χ0n) is 11.9. The Labute approximate surface area is 123 Å².